The van der Waals surface area contributed by atoms with Crippen molar-refractivity contribution in [1.29, 1.82) is 0 Å². The molecule has 0 aromatic heterocycles. The van der Waals surface area contributed by atoms with Gasteiger partial charge in [-0.2, -0.15) is 13.2 Å². The molecule has 17 heavy (non-hydrogen) atoms. The Bertz CT molecular complexity index is 470. The highest BCUT2D eigenvalue weighted by molar-refractivity contribution is 6.03. The van der Waals surface area contributed by atoms with Gasteiger partial charge in [0.25, 0.3) is 0 Å². The fourth-order valence-corrected chi connectivity index (χ4v) is 1.83. The molecule has 92 valence electrons. The molecule has 1 aliphatic rings. The number of carbonyl (C=O) groups excluding carboxylic acids is 1. The Morgan fingerprint density at radius 1 is 1.29 bits per heavy atom. The second-order valence-corrected chi connectivity index (χ2v) is 4.92. The van der Waals surface area contributed by atoms with Crippen molar-refractivity contribution in [2.75, 3.05) is 0 Å². The molecule has 0 amide bonds. The van der Waals surface area contributed by atoms with Crippen LogP contribution in [-0.4, -0.2) is 5.78 Å². The topological polar surface area (TPSA) is 17.1 Å². The molecule has 1 aromatic rings. The van der Waals surface area contributed by atoms with E-state index in [9.17, 15) is 18.0 Å². The first-order valence-corrected chi connectivity index (χ1v) is 5.47. The third kappa shape index (κ3) is 2.21. The van der Waals surface area contributed by atoms with Gasteiger partial charge in [-0.25, -0.2) is 0 Å². The second kappa shape index (κ2) is 3.59. The lowest BCUT2D eigenvalue weighted by atomic mass is 9.92. The molecule has 2 rings (SSSR count). The van der Waals surface area contributed by atoms with Gasteiger partial charge in [0, 0.05) is 11.0 Å². The summed E-state index contributed by atoms with van der Waals surface area (Å²) >= 11 is 0. The number of Topliss-reactive ketones (excluding diaryl/α,β-unsaturated/α-hetero) is 1. The number of ketones is 1. The van der Waals surface area contributed by atoms with E-state index in [1.165, 1.54) is 6.07 Å². The molecular weight excluding hydrogens is 229 g/mol. The molecule has 0 saturated heterocycles. The molecule has 0 heterocycles. The van der Waals surface area contributed by atoms with Crippen molar-refractivity contribution in [3.05, 3.63) is 34.9 Å². The van der Waals surface area contributed by atoms with Crippen LogP contribution in [0.15, 0.2) is 18.2 Å². The van der Waals surface area contributed by atoms with Crippen LogP contribution in [0.1, 0.15) is 41.3 Å². The zero-order valence-corrected chi connectivity index (χ0v) is 9.69. The summed E-state index contributed by atoms with van der Waals surface area (Å²) in [4.78, 5) is 12.0. The summed E-state index contributed by atoms with van der Waals surface area (Å²) < 4.78 is 37.4. The van der Waals surface area contributed by atoms with Crippen LogP contribution in [-0.2, 0) is 6.18 Å². The van der Waals surface area contributed by atoms with Crippen LogP contribution in [0.5, 0.6) is 0 Å². The van der Waals surface area contributed by atoms with Crippen LogP contribution < -0.4 is 0 Å². The molecule has 4 heteroatoms. The molecular formula is C13H13F3O. The van der Waals surface area contributed by atoms with Crippen LogP contribution in [0.2, 0.25) is 0 Å². The number of aryl methyl sites for hydroxylation is 1. The standard InChI is InChI=1S/C13H13F3O/c1-8-7-9(13(14,15)16)3-4-10(8)11(17)12(2)5-6-12/h3-4,7H,5-6H2,1-2H3. The number of rotatable bonds is 2. The van der Waals surface area contributed by atoms with E-state index in [1.807, 2.05) is 6.92 Å². The average molecular weight is 242 g/mol. The summed E-state index contributed by atoms with van der Waals surface area (Å²) in [5.74, 6) is -0.0382. The quantitative estimate of drug-likeness (QED) is 0.716. The Hall–Kier alpha value is -1.32. The van der Waals surface area contributed by atoms with E-state index in [0.29, 0.717) is 11.1 Å². The van der Waals surface area contributed by atoms with Crippen molar-refractivity contribution < 1.29 is 18.0 Å². The van der Waals surface area contributed by atoms with E-state index in [4.69, 9.17) is 0 Å². The van der Waals surface area contributed by atoms with Crippen molar-refractivity contribution in [3.8, 4) is 0 Å². The Kier molecular flexibility index (Phi) is 2.56. The van der Waals surface area contributed by atoms with Gasteiger partial charge in [0.05, 0.1) is 5.56 Å². The minimum Gasteiger partial charge on any atom is -0.294 e. The maximum absolute atomic E-state index is 12.5. The van der Waals surface area contributed by atoms with Gasteiger partial charge < -0.3 is 0 Å². The predicted octanol–water partition coefficient (Wildman–Crippen LogP) is 4.00. The van der Waals surface area contributed by atoms with Gasteiger partial charge in [-0.05, 0) is 37.5 Å². The lowest BCUT2D eigenvalue weighted by molar-refractivity contribution is -0.137. The summed E-state index contributed by atoms with van der Waals surface area (Å²) in [7, 11) is 0. The van der Waals surface area contributed by atoms with Gasteiger partial charge in [0.15, 0.2) is 5.78 Å². The zero-order valence-electron chi connectivity index (χ0n) is 9.69. The second-order valence-electron chi connectivity index (χ2n) is 4.92. The minimum absolute atomic E-state index is 0.0382. The van der Waals surface area contributed by atoms with E-state index in [-0.39, 0.29) is 11.2 Å². The summed E-state index contributed by atoms with van der Waals surface area (Å²) in [5, 5.41) is 0. The lowest BCUT2D eigenvalue weighted by Gasteiger charge is -2.13. The lowest BCUT2D eigenvalue weighted by Crippen LogP contribution is -2.14. The van der Waals surface area contributed by atoms with E-state index in [2.05, 4.69) is 0 Å². The zero-order chi connectivity index (χ0) is 12.8. The Morgan fingerprint density at radius 3 is 2.29 bits per heavy atom. The molecule has 0 unspecified atom stereocenters. The molecule has 0 N–H and O–H groups in total. The first kappa shape index (κ1) is 12.1. The Balaban J connectivity index is 2.36. The monoisotopic (exact) mass is 242 g/mol. The Labute approximate surface area is 97.6 Å². The van der Waals surface area contributed by atoms with Gasteiger partial charge in [-0.3, -0.25) is 4.79 Å². The van der Waals surface area contributed by atoms with Gasteiger partial charge in [0.2, 0.25) is 0 Å². The summed E-state index contributed by atoms with van der Waals surface area (Å²) in [6.45, 7) is 3.40. The van der Waals surface area contributed by atoms with Crippen LogP contribution in [0.3, 0.4) is 0 Å². The first-order valence-electron chi connectivity index (χ1n) is 5.47. The number of carbonyl (C=O) groups is 1. The Morgan fingerprint density at radius 2 is 1.88 bits per heavy atom. The van der Waals surface area contributed by atoms with Crippen LogP contribution >= 0.6 is 0 Å². The van der Waals surface area contributed by atoms with Crippen molar-refractivity contribution in [2.24, 2.45) is 5.41 Å². The highest BCUT2D eigenvalue weighted by Crippen LogP contribution is 2.48. The molecule has 0 bridgehead atoms. The van der Waals surface area contributed by atoms with Crippen molar-refractivity contribution >= 4 is 5.78 Å². The van der Waals surface area contributed by atoms with E-state index >= 15 is 0 Å². The molecule has 1 saturated carbocycles. The highest BCUT2D eigenvalue weighted by Gasteiger charge is 2.45. The third-order valence-corrected chi connectivity index (χ3v) is 3.35. The van der Waals surface area contributed by atoms with Crippen molar-refractivity contribution in [3.63, 3.8) is 0 Å². The number of alkyl halides is 3. The molecule has 0 spiro atoms. The molecule has 0 atom stereocenters. The smallest absolute Gasteiger partial charge is 0.294 e. The van der Waals surface area contributed by atoms with Crippen molar-refractivity contribution in [2.45, 2.75) is 32.9 Å². The van der Waals surface area contributed by atoms with Gasteiger partial charge >= 0.3 is 6.18 Å². The third-order valence-electron chi connectivity index (χ3n) is 3.35. The summed E-state index contributed by atoms with van der Waals surface area (Å²) in [6.07, 6.45) is -2.70. The summed E-state index contributed by atoms with van der Waals surface area (Å²) in [5.41, 5.74) is -0.228. The van der Waals surface area contributed by atoms with Gasteiger partial charge in [-0.15, -0.1) is 0 Å². The molecule has 1 aliphatic carbocycles. The van der Waals surface area contributed by atoms with E-state index in [0.717, 1.165) is 25.0 Å². The average Bonchev–Trinajstić information content (AvgIpc) is 2.95. The van der Waals surface area contributed by atoms with Crippen molar-refractivity contribution in [1.82, 2.24) is 0 Å². The van der Waals surface area contributed by atoms with E-state index in [1.54, 1.807) is 6.92 Å². The minimum atomic E-state index is -4.35. The maximum Gasteiger partial charge on any atom is 0.416 e. The molecule has 0 radical (unpaired) electrons. The molecule has 0 aliphatic heterocycles. The highest BCUT2D eigenvalue weighted by atomic mass is 19.4. The fourth-order valence-electron chi connectivity index (χ4n) is 1.83. The number of benzene rings is 1. The largest absolute Gasteiger partial charge is 0.416 e. The van der Waals surface area contributed by atoms with E-state index < -0.39 is 11.7 Å². The van der Waals surface area contributed by atoms with Crippen LogP contribution in [0, 0.1) is 12.3 Å². The number of halogens is 3. The van der Waals surface area contributed by atoms with Gasteiger partial charge in [0.1, 0.15) is 0 Å². The normalized spacial score (nSPS) is 17.9. The van der Waals surface area contributed by atoms with Crippen LogP contribution in [0.25, 0.3) is 0 Å². The fraction of sp³-hybridized carbons (Fsp3) is 0.462. The predicted molar refractivity (Wildman–Crippen MR) is 57.9 cm³/mol. The molecule has 1 aromatic carbocycles. The van der Waals surface area contributed by atoms with Gasteiger partial charge in [-0.1, -0.05) is 13.0 Å². The summed E-state index contributed by atoms with van der Waals surface area (Å²) in [6, 6.07) is 3.31. The maximum atomic E-state index is 12.5. The molecule has 1 fully saturated rings. The molecule has 1 nitrogen and oxygen atoms in total. The number of hydrogen-bond donors (Lipinski definition) is 0. The van der Waals surface area contributed by atoms with Crippen LogP contribution in [0.4, 0.5) is 13.2 Å². The number of hydrogen-bond acceptors (Lipinski definition) is 1. The first-order chi connectivity index (χ1) is 7.74. The SMILES string of the molecule is Cc1cc(C(F)(F)F)ccc1C(=O)C1(C)CC1.